The van der Waals surface area contributed by atoms with Gasteiger partial charge in [0, 0.05) is 36.8 Å². The number of nitrogens with one attached hydrogen (secondary N) is 6. The summed E-state index contributed by atoms with van der Waals surface area (Å²) in [5.41, 5.74) is -4.66. The van der Waals surface area contributed by atoms with Crippen molar-refractivity contribution in [2.45, 2.75) is 258 Å². The minimum Gasteiger partial charge on any atom is -0.457 e. The average Bonchev–Trinajstić information content (AvgIpc) is 3.24. The lowest BCUT2D eigenvalue weighted by molar-refractivity contribution is -0.495. The number of aliphatic hydroxyl groups is 2. The number of esters is 1. The Labute approximate surface area is 468 Å². The maximum absolute atomic E-state index is 14.3. The minimum absolute atomic E-state index is 0.000459. The fourth-order valence-corrected chi connectivity index (χ4v) is 8.75. The van der Waals surface area contributed by atoms with Crippen LogP contribution in [0.4, 0.5) is 24.0 Å². The normalized spacial score (nSPS) is 28.3. The van der Waals surface area contributed by atoms with Gasteiger partial charge < -0.3 is 89.5 Å². The van der Waals surface area contributed by atoms with Crippen molar-refractivity contribution in [2.24, 2.45) is 11.8 Å². The highest BCUT2D eigenvalue weighted by Gasteiger charge is 2.55. The van der Waals surface area contributed by atoms with Crippen LogP contribution in [0.15, 0.2) is 0 Å². The molecule has 8 N–H and O–H groups in total. The number of carbonyl (C=O) groups excluding carboxylic acids is 7. The van der Waals surface area contributed by atoms with Crippen LogP contribution in [-0.4, -0.2) is 185 Å². The second-order valence-electron chi connectivity index (χ2n) is 25.4. The summed E-state index contributed by atoms with van der Waals surface area (Å²) >= 11 is 0. The highest BCUT2D eigenvalue weighted by Crippen LogP contribution is 2.37. The molecule has 1 saturated carbocycles. The quantitative estimate of drug-likeness (QED) is 0.0412. The van der Waals surface area contributed by atoms with E-state index in [4.69, 9.17) is 47.4 Å². The lowest BCUT2D eigenvalue weighted by Crippen LogP contribution is -2.70. The maximum atomic E-state index is 14.3. The lowest BCUT2D eigenvalue weighted by atomic mass is 9.82. The predicted octanol–water partition coefficient (Wildman–Crippen LogP) is 4.20. The van der Waals surface area contributed by atoms with Gasteiger partial charge in [0.05, 0.1) is 30.3 Å². The number of rotatable bonds is 18. The van der Waals surface area contributed by atoms with Gasteiger partial charge in [0.2, 0.25) is 12.5 Å². The summed E-state index contributed by atoms with van der Waals surface area (Å²) < 4.78 is 59.2. The molecule has 28 nitrogen and oxygen atoms in total. The molecule has 3 aliphatic rings. The Kier molecular flexibility index (Phi) is 24.4. The Morgan fingerprint density at radius 3 is 1.56 bits per heavy atom. The van der Waals surface area contributed by atoms with Crippen LogP contribution in [-0.2, 0) is 57.0 Å². The van der Waals surface area contributed by atoms with E-state index >= 15 is 0 Å². The van der Waals surface area contributed by atoms with E-state index in [1.54, 1.807) is 111 Å². The number of hydrogen-bond donors (Lipinski definition) is 8. The summed E-state index contributed by atoms with van der Waals surface area (Å²) in [6, 6.07) is -4.99. The molecule has 80 heavy (non-hydrogen) atoms. The van der Waals surface area contributed by atoms with Crippen LogP contribution in [0.25, 0.3) is 0 Å². The average molecular weight is 1150 g/mol. The van der Waals surface area contributed by atoms with Gasteiger partial charge >= 0.3 is 36.4 Å². The van der Waals surface area contributed by atoms with E-state index in [1.165, 1.54) is 6.92 Å². The number of alkyl carbamates (subject to hydrolysis) is 5. The third-order valence-corrected chi connectivity index (χ3v) is 12.0. The largest absolute Gasteiger partial charge is 0.457 e. The molecule has 0 bridgehead atoms. The summed E-state index contributed by atoms with van der Waals surface area (Å²) in [6.07, 6.45) is -18.7. The summed E-state index contributed by atoms with van der Waals surface area (Å²) in [5, 5.41) is 52.5. The number of aliphatic hydroxyl groups excluding tert-OH is 2. The topological polar surface area (TPSA) is 368 Å². The predicted molar refractivity (Wildman–Crippen MR) is 283 cm³/mol. The van der Waals surface area contributed by atoms with Gasteiger partial charge in [-0.3, -0.25) is 19.7 Å². The van der Waals surface area contributed by atoms with Gasteiger partial charge in [0.25, 0.3) is 0 Å². The molecule has 7 unspecified atom stereocenters. The van der Waals surface area contributed by atoms with Crippen molar-refractivity contribution in [1.29, 1.82) is 0 Å². The van der Waals surface area contributed by atoms with Crippen molar-refractivity contribution in [1.82, 2.24) is 31.9 Å². The lowest BCUT2D eigenvalue weighted by Gasteiger charge is -2.50. The standard InChI is InChI=1S/C52H91N7O21/c1-26(21-22-53-43(64)76-48(4,5)6)40(63)55-31-23-32(57-46(67)79-51(13,14)15)37(74-42-30(56-45(66)78-50(10,11)12)20-19-29(72-42)24-54-44(65)77-49(7,8)9)35(62)36(31)73-41-27(2)34(58-47(68)80-52(16,17)18)39(71-28(3)60)38(75-41)33(61)25-59(69)70/h26-27,29-39,41-42,61-62H,19-25H2,1-18H3,(H,53,64)(H,54,65)(H,55,63)(H,56,66)(H,57,67)(H,58,68)/t26-,27?,29?,30?,31+,32+,33?,34+,35?,36-,37?,38?,39-,41-,42+/m0/s1. The Bertz CT molecular complexity index is 2120. The second kappa shape index (κ2) is 28.4. The number of carbonyl (C=O) groups is 7. The highest BCUT2D eigenvalue weighted by molar-refractivity contribution is 5.79. The molecule has 2 aliphatic heterocycles. The molecule has 0 aromatic rings. The summed E-state index contributed by atoms with van der Waals surface area (Å²) in [4.78, 5) is 104. The maximum Gasteiger partial charge on any atom is 0.408 e. The number of amides is 6. The zero-order chi connectivity index (χ0) is 61.0. The molecule has 6 amide bonds. The molecule has 3 fully saturated rings. The first kappa shape index (κ1) is 68.7. The van der Waals surface area contributed by atoms with Gasteiger partial charge in [0.1, 0.15) is 58.5 Å². The Morgan fingerprint density at radius 2 is 1.07 bits per heavy atom. The van der Waals surface area contributed by atoms with E-state index in [0.717, 1.165) is 6.92 Å². The second-order valence-corrected chi connectivity index (χ2v) is 25.4. The summed E-state index contributed by atoms with van der Waals surface area (Å²) in [5.74, 6) is -3.50. The molecule has 460 valence electrons. The van der Waals surface area contributed by atoms with Crippen molar-refractivity contribution in [3.05, 3.63) is 10.1 Å². The van der Waals surface area contributed by atoms with Crippen molar-refractivity contribution in [2.75, 3.05) is 19.6 Å². The first-order valence-corrected chi connectivity index (χ1v) is 27.0. The van der Waals surface area contributed by atoms with Crippen LogP contribution in [0.5, 0.6) is 0 Å². The van der Waals surface area contributed by atoms with E-state index in [9.17, 15) is 53.9 Å². The van der Waals surface area contributed by atoms with Gasteiger partial charge in [-0.2, -0.15) is 0 Å². The van der Waals surface area contributed by atoms with Gasteiger partial charge in [-0.15, -0.1) is 0 Å². The van der Waals surface area contributed by atoms with Gasteiger partial charge in [-0.25, -0.2) is 24.0 Å². The molecule has 2 heterocycles. The molecule has 3 rings (SSSR count). The van der Waals surface area contributed by atoms with Crippen molar-refractivity contribution >= 4 is 42.3 Å². The third-order valence-electron chi connectivity index (χ3n) is 12.0. The molecule has 1 aliphatic carbocycles. The van der Waals surface area contributed by atoms with E-state index < -0.39 is 173 Å². The summed E-state index contributed by atoms with van der Waals surface area (Å²) in [6.45, 7) is 27.6. The van der Waals surface area contributed by atoms with Crippen LogP contribution < -0.4 is 31.9 Å². The molecule has 0 spiro atoms. The highest BCUT2D eigenvalue weighted by atomic mass is 16.7. The van der Waals surface area contributed by atoms with Crippen molar-refractivity contribution < 1.29 is 96.1 Å². The first-order valence-electron chi connectivity index (χ1n) is 27.0. The van der Waals surface area contributed by atoms with Gasteiger partial charge in [0.15, 0.2) is 18.7 Å². The third kappa shape index (κ3) is 24.3. The van der Waals surface area contributed by atoms with E-state index in [-0.39, 0.29) is 38.8 Å². The van der Waals surface area contributed by atoms with Crippen LogP contribution in [0, 0.1) is 22.0 Å². The van der Waals surface area contributed by atoms with E-state index in [2.05, 4.69) is 31.9 Å². The molecular weight excluding hydrogens is 1060 g/mol. The molecular formula is C52H91N7O21. The molecule has 0 aromatic carbocycles. The van der Waals surface area contributed by atoms with Crippen LogP contribution in [0.3, 0.4) is 0 Å². The molecule has 0 aromatic heterocycles. The minimum atomic E-state index is -2.01. The van der Waals surface area contributed by atoms with E-state index in [0.29, 0.717) is 0 Å². The molecule has 0 radical (unpaired) electrons. The molecule has 2 saturated heterocycles. The monoisotopic (exact) mass is 1150 g/mol. The zero-order valence-corrected chi connectivity index (χ0v) is 49.7. The van der Waals surface area contributed by atoms with Crippen LogP contribution in [0.2, 0.25) is 0 Å². The smallest absolute Gasteiger partial charge is 0.408 e. The summed E-state index contributed by atoms with van der Waals surface area (Å²) in [7, 11) is 0. The molecule has 15 atom stereocenters. The molecule has 28 heteroatoms. The van der Waals surface area contributed by atoms with Crippen molar-refractivity contribution in [3.8, 4) is 0 Å². The fraction of sp³-hybridized carbons (Fsp3) is 0.865. The number of ether oxygens (including phenoxy) is 10. The zero-order valence-electron chi connectivity index (χ0n) is 49.7. The number of hydrogen-bond acceptors (Lipinski definition) is 21. The number of nitro groups is 1. The Hall–Kier alpha value is -5.55. The van der Waals surface area contributed by atoms with E-state index in [1.807, 2.05) is 0 Å². The Morgan fingerprint density at radius 1 is 0.625 bits per heavy atom. The van der Waals surface area contributed by atoms with Crippen LogP contribution in [0.1, 0.15) is 150 Å². The SMILES string of the molecule is CC(=O)O[C@@H]1C(C(O)C[N+](=O)[O-])O[C@H](O[C@@H]2C(O)C(O[C@H]3OC(CNC(=O)OC(C)(C)C)CCC3NC(=O)OC(C)(C)C)[C@H](NC(=O)OC(C)(C)C)C[C@H]2NC(=O)[C@@H](C)CCNC(=O)OC(C)(C)C)C(C)[C@H]1NC(=O)OC(C)(C)C. The van der Waals surface area contributed by atoms with Crippen LogP contribution >= 0.6 is 0 Å². The van der Waals surface area contributed by atoms with Crippen molar-refractivity contribution in [3.63, 3.8) is 0 Å². The number of nitrogens with zero attached hydrogens (tertiary/aromatic N) is 1. The van der Waals surface area contributed by atoms with Gasteiger partial charge in [-0.05, 0) is 130 Å². The Balaban J connectivity index is 2.25. The fourth-order valence-electron chi connectivity index (χ4n) is 8.75. The van der Waals surface area contributed by atoms with Gasteiger partial charge in [-0.1, -0.05) is 13.8 Å². The first-order chi connectivity index (χ1) is 36.5.